The summed E-state index contributed by atoms with van der Waals surface area (Å²) in [5, 5.41) is 13.2. The van der Waals surface area contributed by atoms with E-state index in [0.29, 0.717) is 22.0 Å². The van der Waals surface area contributed by atoms with Gasteiger partial charge in [0, 0.05) is 11.3 Å². The molecule has 20 heavy (non-hydrogen) atoms. The number of halogens is 1. The molecule has 0 saturated carbocycles. The van der Waals surface area contributed by atoms with Crippen LogP contribution in [0.5, 0.6) is 5.75 Å². The van der Waals surface area contributed by atoms with Gasteiger partial charge in [-0.2, -0.15) is 0 Å². The number of nitrogens with one attached hydrogen (secondary N) is 1. The van der Waals surface area contributed by atoms with E-state index in [4.69, 9.17) is 17.3 Å². The molecule has 0 saturated heterocycles. The molecule has 0 atom stereocenters. The predicted molar refractivity (Wildman–Crippen MR) is 77.9 cm³/mol. The van der Waals surface area contributed by atoms with Crippen molar-refractivity contribution in [3.63, 3.8) is 0 Å². The number of primary amides is 1. The van der Waals surface area contributed by atoms with E-state index < -0.39 is 5.91 Å². The normalized spacial score (nSPS) is 10.3. The van der Waals surface area contributed by atoms with Gasteiger partial charge in [-0.25, -0.2) is 0 Å². The monoisotopic (exact) mass is 291 g/mol. The molecule has 5 nitrogen and oxygen atoms in total. The molecule has 0 fully saturated rings. The molecule has 0 radical (unpaired) electrons. The number of aromatic hydroxyl groups is 1. The van der Waals surface area contributed by atoms with Crippen molar-refractivity contribution >= 4 is 23.2 Å². The van der Waals surface area contributed by atoms with E-state index in [2.05, 4.69) is 10.3 Å². The van der Waals surface area contributed by atoms with Crippen LogP contribution in [0, 0.1) is 6.92 Å². The van der Waals surface area contributed by atoms with E-state index >= 15 is 0 Å². The highest BCUT2D eigenvalue weighted by Gasteiger charge is 2.08. The van der Waals surface area contributed by atoms with E-state index in [-0.39, 0.29) is 12.3 Å². The van der Waals surface area contributed by atoms with Crippen LogP contribution < -0.4 is 11.1 Å². The van der Waals surface area contributed by atoms with Crippen LogP contribution in [0.25, 0.3) is 0 Å². The van der Waals surface area contributed by atoms with Gasteiger partial charge in [-0.05, 0) is 37.3 Å². The first-order valence-corrected chi connectivity index (χ1v) is 6.34. The van der Waals surface area contributed by atoms with E-state index in [1.807, 2.05) is 6.92 Å². The summed E-state index contributed by atoms with van der Waals surface area (Å²) >= 11 is 6.04. The van der Waals surface area contributed by atoms with Crippen molar-refractivity contribution in [2.24, 2.45) is 5.73 Å². The Labute approximate surface area is 121 Å². The number of anilines is 1. The molecule has 0 spiro atoms. The Hall–Kier alpha value is -2.27. The molecule has 4 N–H and O–H groups in total. The van der Waals surface area contributed by atoms with Crippen molar-refractivity contribution in [3.05, 3.63) is 52.3 Å². The number of hydrogen-bond acceptors (Lipinski definition) is 4. The number of aryl methyl sites for hydroxylation is 1. The maximum atomic E-state index is 11.1. The summed E-state index contributed by atoms with van der Waals surface area (Å²) in [5.41, 5.74) is 7.45. The van der Waals surface area contributed by atoms with Gasteiger partial charge in [0.2, 0.25) is 5.91 Å². The summed E-state index contributed by atoms with van der Waals surface area (Å²) in [7, 11) is 0. The second-order valence-electron chi connectivity index (χ2n) is 4.33. The standard InChI is InChI=1S/C14H14ClN3O2/c1-8-2-5-13(19)12(18-8)7-17-11-6-9(14(16)20)3-4-10(11)15/h2-6,17,19H,7H2,1H3,(H2,16,20). The number of nitrogens with two attached hydrogens (primary N) is 1. The number of carbonyl (C=O) groups is 1. The molecule has 1 aromatic heterocycles. The third kappa shape index (κ3) is 3.19. The van der Waals surface area contributed by atoms with Gasteiger partial charge in [0.05, 0.1) is 17.3 Å². The molecule has 1 amide bonds. The van der Waals surface area contributed by atoms with Crippen molar-refractivity contribution < 1.29 is 9.90 Å². The molecular formula is C14H14ClN3O2. The molecule has 0 bridgehead atoms. The molecule has 6 heteroatoms. The highest BCUT2D eigenvalue weighted by molar-refractivity contribution is 6.33. The molecule has 2 aromatic rings. The quantitative estimate of drug-likeness (QED) is 0.807. The first-order valence-electron chi connectivity index (χ1n) is 5.96. The molecule has 0 unspecified atom stereocenters. The van der Waals surface area contributed by atoms with E-state index in [1.54, 1.807) is 30.3 Å². The van der Waals surface area contributed by atoms with Gasteiger partial charge in [-0.1, -0.05) is 11.6 Å². The Morgan fingerprint density at radius 1 is 1.40 bits per heavy atom. The number of nitrogens with zero attached hydrogens (tertiary/aromatic N) is 1. The summed E-state index contributed by atoms with van der Waals surface area (Å²) in [5.74, 6) is -0.425. The van der Waals surface area contributed by atoms with Crippen LogP contribution in [-0.4, -0.2) is 16.0 Å². The number of amides is 1. The fourth-order valence-electron chi connectivity index (χ4n) is 1.73. The fraction of sp³-hybridized carbons (Fsp3) is 0.143. The number of carbonyl (C=O) groups excluding carboxylic acids is 1. The van der Waals surface area contributed by atoms with Crippen LogP contribution >= 0.6 is 11.6 Å². The second kappa shape index (κ2) is 5.79. The first-order chi connectivity index (χ1) is 9.47. The minimum absolute atomic E-state index is 0.102. The zero-order valence-electron chi connectivity index (χ0n) is 10.9. The molecule has 0 aliphatic heterocycles. The van der Waals surface area contributed by atoms with E-state index in [0.717, 1.165) is 5.69 Å². The SMILES string of the molecule is Cc1ccc(O)c(CNc2cc(C(N)=O)ccc2Cl)n1. The summed E-state index contributed by atoms with van der Waals surface area (Å²) in [4.78, 5) is 15.4. The highest BCUT2D eigenvalue weighted by atomic mass is 35.5. The highest BCUT2D eigenvalue weighted by Crippen LogP contribution is 2.24. The predicted octanol–water partition coefficient (Wildman–Crippen LogP) is 2.46. The van der Waals surface area contributed by atoms with E-state index in [9.17, 15) is 9.90 Å². The van der Waals surface area contributed by atoms with Gasteiger partial charge >= 0.3 is 0 Å². The lowest BCUT2D eigenvalue weighted by atomic mass is 10.2. The van der Waals surface area contributed by atoms with Crippen LogP contribution in [0.1, 0.15) is 21.7 Å². The van der Waals surface area contributed by atoms with Gasteiger partial charge < -0.3 is 16.2 Å². The average molecular weight is 292 g/mol. The van der Waals surface area contributed by atoms with Crippen molar-refractivity contribution in [2.45, 2.75) is 13.5 Å². The van der Waals surface area contributed by atoms with E-state index in [1.165, 1.54) is 0 Å². The van der Waals surface area contributed by atoms with Crippen LogP contribution in [0.2, 0.25) is 5.02 Å². The number of aromatic nitrogens is 1. The van der Waals surface area contributed by atoms with Gasteiger partial charge in [0.15, 0.2) is 0 Å². The maximum absolute atomic E-state index is 11.1. The fourth-order valence-corrected chi connectivity index (χ4v) is 1.91. The Balaban J connectivity index is 2.20. The average Bonchev–Trinajstić information content (AvgIpc) is 2.41. The van der Waals surface area contributed by atoms with Crippen LogP contribution in [0.15, 0.2) is 30.3 Å². The second-order valence-corrected chi connectivity index (χ2v) is 4.74. The third-order valence-electron chi connectivity index (χ3n) is 2.79. The van der Waals surface area contributed by atoms with Crippen LogP contribution in [0.3, 0.4) is 0 Å². The van der Waals surface area contributed by atoms with Crippen molar-refractivity contribution in [1.82, 2.24) is 4.98 Å². The molecule has 1 aromatic carbocycles. The third-order valence-corrected chi connectivity index (χ3v) is 3.12. The summed E-state index contributed by atoms with van der Waals surface area (Å²) in [6.45, 7) is 2.12. The molecule has 2 rings (SSSR count). The Morgan fingerprint density at radius 3 is 2.85 bits per heavy atom. The lowest BCUT2D eigenvalue weighted by Crippen LogP contribution is -2.11. The van der Waals surface area contributed by atoms with Crippen molar-refractivity contribution in [3.8, 4) is 5.75 Å². The minimum atomic E-state index is -0.527. The number of hydrogen-bond donors (Lipinski definition) is 3. The first kappa shape index (κ1) is 14.1. The van der Waals surface area contributed by atoms with Gasteiger partial charge in [-0.15, -0.1) is 0 Å². The smallest absolute Gasteiger partial charge is 0.248 e. The summed E-state index contributed by atoms with van der Waals surface area (Å²) in [6.07, 6.45) is 0. The van der Waals surface area contributed by atoms with Crippen molar-refractivity contribution in [1.29, 1.82) is 0 Å². The molecule has 1 heterocycles. The zero-order chi connectivity index (χ0) is 14.7. The van der Waals surface area contributed by atoms with Gasteiger partial charge in [-0.3, -0.25) is 9.78 Å². The van der Waals surface area contributed by atoms with Crippen molar-refractivity contribution in [2.75, 3.05) is 5.32 Å². The topological polar surface area (TPSA) is 88.2 Å². The van der Waals surface area contributed by atoms with Crippen LogP contribution in [-0.2, 0) is 6.54 Å². The Bertz CT molecular complexity index is 659. The number of benzene rings is 1. The largest absolute Gasteiger partial charge is 0.506 e. The zero-order valence-corrected chi connectivity index (χ0v) is 11.6. The Kier molecular flexibility index (Phi) is 4.10. The lowest BCUT2D eigenvalue weighted by Gasteiger charge is -2.10. The minimum Gasteiger partial charge on any atom is -0.506 e. The van der Waals surface area contributed by atoms with Crippen LogP contribution in [0.4, 0.5) is 5.69 Å². The molecular weight excluding hydrogens is 278 g/mol. The number of rotatable bonds is 4. The van der Waals surface area contributed by atoms with Gasteiger partial charge in [0.1, 0.15) is 11.4 Å². The molecule has 0 aliphatic rings. The summed E-state index contributed by atoms with van der Waals surface area (Å²) < 4.78 is 0. The van der Waals surface area contributed by atoms with Gasteiger partial charge in [0.25, 0.3) is 0 Å². The Morgan fingerprint density at radius 2 is 2.15 bits per heavy atom. The summed E-state index contributed by atoms with van der Waals surface area (Å²) in [6, 6.07) is 8.02. The molecule has 104 valence electrons. The molecule has 0 aliphatic carbocycles. The number of pyridine rings is 1. The lowest BCUT2D eigenvalue weighted by molar-refractivity contribution is 0.100. The maximum Gasteiger partial charge on any atom is 0.248 e.